The Morgan fingerprint density at radius 1 is 1.60 bits per heavy atom. The summed E-state index contributed by atoms with van der Waals surface area (Å²) in [6.07, 6.45) is 0.293. The summed E-state index contributed by atoms with van der Waals surface area (Å²) in [5, 5.41) is 14.4. The Bertz CT molecular complexity index is 609. The molecular weight excluding hydrogens is 262 g/mol. The Morgan fingerprint density at radius 2 is 2.35 bits per heavy atom. The van der Waals surface area contributed by atoms with Crippen LogP contribution in [-0.2, 0) is 4.79 Å². The topological polar surface area (TPSA) is 112 Å². The van der Waals surface area contributed by atoms with Crippen LogP contribution >= 0.6 is 0 Å². The lowest BCUT2D eigenvalue weighted by atomic mass is 10.1. The van der Waals surface area contributed by atoms with Crippen molar-refractivity contribution in [2.45, 2.75) is 13.3 Å². The molecule has 1 aromatic rings. The number of carbonyl (C=O) groups excluding carboxylic acids is 1. The summed E-state index contributed by atoms with van der Waals surface area (Å²) in [4.78, 5) is 26.7. The largest absolute Gasteiger partial charge is 0.312 e. The first-order chi connectivity index (χ1) is 9.54. The molecule has 0 aliphatic carbocycles. The molecule has 1 amide bonds. The maximum Gasteiger partial charge on any atom is 0.274 e. The van der Waals surface area contributed by atoms with Crippen LogP contribution in [-0.4, -0.2) is 23.9 Å². The molecule has 0 radical (unpaired) electrons. The van der Waals surface area contributed by atoms with Gasteiger partial charge in [-0.15, -0.1) is 0 Å². The van der Waals surface area contributed by atoms with Crippen LogP contribution in [0.4, 0.5) is 11.4 Å². The van der Waals surface area contributed by atoms with E-state index in [1.54, 1.807) is 19.1 Å². The fraction of sp³-hybridized carbons (Fsp3) is 0.417. The summed E-state index contributed by atoms with van der Waals surface area (Å²) in [5.74, 6) is -0.149. The molecular formula is C12H13N5O3. The highest BCUT2D eigenvalue weighted by molar-refractivity contribution is 5.97. The highest BCUT2D eigenvalue weighted by Crippen LogP contribution is 2.32. The lowest BCUT2D eigenvalue weighted by molar-refractivity contribution is -0.385. The number of carbonyl (C=O) groups is 1. The molecule has 2 rings (SSSR count). The van der Waals surface area contributed by atoms with Gasteiger partial charge in [-0.25, -0.2) is 0 Å². The molecule has 1 aliphatic rings. The van der Waals surface area contributed by atoms with Crippen molar-refractivity contribution in [3.63, 3.8) is 0 Å². The molecule has 1 atom stereocenters. The number of benzene rings is 1. The first-order valence-corrected chi connectivity index (χ1v) is 6.09. The van der Waals surface area contributed by atoms with Crippen LogP contribution in [0.15, 0.2) is 23.3 Å². The zero-order valence-corrected chi connectivity index (χ0v) is 10.9. The van der Waals surface area contributed by atoms with Crippen molar-refractivity contribution in [1.82, 2.24) is 0 Å². The van der Waals surface area contributed by atoms with Crippen LogP contribution in [0.1, 0.15) is 12.0 Å². The third kappa shape index (κ3) is 2.55. The molecule has 0 bridgehead atoms. The van der Waals surface area contributed by atoms with Gasteiger partial charge < -0.3 is 4.90 Å². The van der Waals surface area contributed by atoms with Gasteiger partial charge in [0.15, 0.2) is 0 Å². The summed E-state index contributed by atoms with van der Waals surface area (Å²) in [6.45, 7) is 2.30. The van der Waals surface area contributed by atoms with Gasteiger partial charge >= 0.3 is 0 Å². The molecule has 20 heavy (non-hydrogen) atoms. The summed E-state index contributed by atoms with van der Waals surface area (Å²) < 4.78 is 0. The summed E-state index contributed by atoms with van der Waals surface area (Å²) >= 11 is 0. The van der Waals surface area contributed by atoms with Gasteiger partial charge in [0.25, 0.3) is 5.69 Å². The standard InChI is InChI=1S/C12H13N5O3/c1-8-10(3-2-4-11(8)17(19)20)16-7-9(5-12(16)18)6-14-15-13/h2-4,9H,5-7H2,1H3. The normalized spacial score (nSPS) is 17.9. The number of nitro benzene ring substituents is 1. The van der Waals surface area contributed by atoms with Crippen molar-refractivity contribution < 1.29 is 9.72 Å². The highest BCUT2D eigenvalue weighted by atomic mass is 16.6. The minimum absolute atomic E-state index is 0.00574. The van der Waals surface area contributed by atoms with Crippen molar-refractivity contribution in [2.75, 3.05) is 18.0 Å². The molecule has 104 valence electrons. The maximum absolute atomic E-state index is 12.0. The van der Waals surface area contributed by atoms with Gasteiger partial charge in [0.05, 0.1) is 16.2 Å². The predicted molar refractivity (Wildman–Crippen MR) is 72.3 cm³/mol. The molecule has 1 unspecified atom stereocenters. The zero-order valence-electron chi connectivity index (χ0n) is 10.9. The van der Waals surface area contributed by atoms with Gasteiger partial charge in [-0.05, 0) is 24.4 Å². The quantitative estimate of drug-likeness (QED) is 0.276. The Balaban J connectivity index is 2.28. The van der Waals surface area contributed by atoms with Crippen LogP contribution in [0, 0.1) is 23.0 Å². The number of hydrogen-bond acceptors (Lipinski definition) is 4. The number of hydrogen-bond donors (Lipinski definition) is 0. The van der Waals surface area contributed by atoms with E-state index in [9.17, 15) is 14.9 Å². The van der Waals surface area contributed by atoms with Crippen LogP contribution < -0.4 is 4.90 Å². The third-order valence-corrected chi connectivity index (χ3v) is 3.37. The maximum atomic E-state index is 12.0. The van der Waals surface area contributed by atoms with Crippen molar-refractivity contribution in [3.8, 4) is 0 Å². The van der Waals surface area contributed by atoms with Crippen LogP contribution in [0.3, 0.4) is 0 Å². The zero-order chi connectivity index (χ0) is 14.7. The van der Waals surface area contributed by atoms with Gasteiger partial charge in [-0.1, -0.05) is 11.2 Å². The van der Waals surface area contributed by atoms with E-state index < -0.39 is 4.92 Å². The van der Waals surface area contributed by atoms with Crippen molar-refractivity contribution in [2.24, 2.45) is 11.0 Å². The molecule has 8 heteroatoms. The molecule has 1 aliphatic heterocycles. The summed E-state index contributed by atoms with van der Waals surface area (Å²) in [7, 11) is 0. The first-order valence-electron chi connectivity index (χ1n) is 6.09. The molecule has 0 aromatic heterocycles. The van der Waals surface area contributed by atoms with E-state index in [1.807, 2.05) is 0 Å². The Hall–Kier alpha value is -2.60. The predicted octanol–water partition coefficient (Wildman–Crippen LogP) is 2.57. The number of nitrogens with zero attached hydrogens (tertiary/aromatic N) is 5. The second kappa shape index (κ2) is 5.58. The second-order valence-electron chi connectivity index (χ2n) is 4.67. The van der Waals surface area contributed by atoms with Crippen LogP contribution in [0.5, 0.6) is 0 Å². The molecule has 1 saturated heterocycles. The summed E-state index contributed by atoms with van der Waals surface area (Å²) in [5.41, 5.74) is 9.31. The van der Waals surface area contributed by atoms with Crippen molar-refractivity contribution in [3.05, 3.63) is 44.3 Å². The fourth-order valence-electron chi connectivity index (χ4n) is 2.39. The average Bonchev–Trinajstić information content (AvgIpc) is 2.77. The smallest absolute Gasteiger partial charge is 0.274 e. The Kier molecular flexibility index (Phi) is 3.86. The molecule has 1 heterocycles. The Morgan fingerprint density at radius 3 is 3.00 bits per heavy atom. The first kappa shape index (κ1) is 13.8. The molecule has 1 fully saturated rings. The van der Waals surface area contributed by atoms with Gasteiger partial charge in [0.2, 0.25) is 5.91 Å². The average molecular weight is 275 g/mol. The van der Waals surface area contributed by atoms with Gasteiger partial charge in [-0.2, -0.15) is 0 Å². The lowest BCUT2D eigenvalue weighted by Crippen LogP contribution is -2.25. The Labute approximate surface area is 114 Å². The minimum Gasteiger partial charge on any atom is -0.312 e. The van der Waals surface area contributed by atoms with Crippen molar-refractivity contribution >= 4 is 17.3 Å². The molecule has 0 spiro atoms. The minimum atomic E-state index is -0.461. The van der Waals surface area contributed by atoms with Crippen molar-refractivity contribution in [1.29, 1.82) is 0 Å². The van der Waals surface area contributed by atoms with E-state index in [2.05, 4.69) is 10.0 Å². The molecule has 8 nitrogen and oxygen atoms in total. The number of anilines is 1. The number of amides is 1. The van der Waals surface area contributed by atoms with E-state index in [-0.39, 0.29) is 24.1 Å². The van der Waals surface area contributed by atoms with E-state index in [4.69, 9.17) is 5.53 Å². The molecule has 0 N–H and O–H groups in total. The monoisotopic (exact) mass is 275 g/mol. The SMILES string of the molecule is Cc1c(N2CC(CN=[N+]=[N-])CC2=O)cccc1[N+](=O)[O-]. The van der Waals surface area contributed by atoms with Gasteiger partial charge in [0.1, 0.15) is 0 Å². The lowest BCUT2D eigenvalue weighted by Gasteiger charge is -2.18. The van der Waals surface area contributed by atoms with E-state index >= 15 is 0 Å². The van der Waals surface area contributed by atoms with E-state index in [0.717, 1.165) is 0 Å². The summed E-state index contributed by atoms with van der Waals surface area (Å²) in [6, 6.07) is 4.67. The fourth-order valence-corrected chi connectivity index (χ4v) is 2.39. The highest BCUT2D eigenvalue weighted by Gasteiger charge is 2.32. The van der Waals surface area contributed by atoms with Gasteiger partial charge in [0, 0.05) is 30.5 Å². The number of azide groups is 1. The van der Waals surface area contributed by atoms with Gasteiger partial charge in [-0.3, -0.25) is 14.9 Å². The second-order valence-corrected chi connectivity index (χ2v) is 4.67. The van der Waals surface area contributed by atoms with Crippen LogP contribution in [0.25, 0.3) is 10.4 Å². The van der Waals surface area contributed by atoms with E-state index in [0.29, 0.717) is 24.2 Å². The molecule has 0 saturated carbocycles. The number of rotatable bonds is 4. The third-order valence-electron chi connectivity index (χ3n) is 3.37. The van der Waals surface area contributed by atoms with Crippen LogP contribution in [0.2, 0.25) is 0 Å². The number of nitro groups is 1. The molecule has 1 aromatic carbocycles. The van der Waals surface area contributed by atoms with E-state index in [1.165, 1.54) is 11.0 Å².